The summed E-state index contributed by atoms with van der Waals surface area (Å²) in [6.45, 7) is 9.65. The Morgan fingerprint density at radius 3 is 2.33 bits per heavy atom. The molecule has 0 saturated heterocycles. The summed E-state index contributed by atoms with van der Waals surface area (Å²) in [5, 5.41) is 4.64. The van der Waals surface area contributed by atoms with E-state index in [1.165, 1.54) is 19.1 Å². The van der Waals surface area contributed by atoms with Crippen molar-refractivity contribution < 1.29 is 28.6 Å². The first-order valence-electron chi connectivity index (χ1n) is 9.00. The van der Waals surface area contributed by atoms with Crippen LogP contribution in [0.3, 0.4) is 0 Å². The van der Waals surface area contributed by atoms with Crippen LogP contribution in [0.1, 0.15) is 51.4 Å². The highest BCUT2D eigenvalue weighted by molar-refractivity contribution is 5.98. The summed E-state index contributed by atoms with van der Waals surface area (Å²) in [5.41, 5.74) is 0.216. The lowest BCUT2D eigenvalue weighted by molar-refractivity contribution is -0.127. The lowest BCUT2D eigenvalue weighted by Gasteiger charge is -2.15. The molecule has 8 nitrogen and oxygen atoms in total. The molecule has 1 aromatic rings. The Morgan fingerprint density at radius 2 is 1.74 bits per heavy atom. The van der Waals surface area contributed by atoms with Crippen LogP contribution in [-0.2, 0) is 9.53 Å². The maximum atomic E-state index is 12.3. The van der Waals surface area contributed by atoms with Gasteiger partial charge in [0.25, 0.3) is 5.91 Å². The normalized spacial score (nSPS) is 11.5. The van der Waals surface area contributed by atoms with Gasteiger partial charge in [0.15, 0.2) is 17.6 Å². The fourth-order valence-electron chi connectivity index (χ4n) is 2.03. The summed E-state index contributed by atoms with van der Waals surface area (Å²) in [6, 6.07) is 3.90. The average Bonchev–Trinajstić information content (AvgIpc) is 2.59. The molecule has 0 bridgehead atoms. The number of carbonyl (C=O) groups is 3. The molecule has 0 aliphatic rings. The van der Waals surface area contributed by atoms with E-state index in [-0.39, 0.29) is 11.6 Å². The van der Waals surface area contributed by atoms with Gasteiger partial charge in [0.05, 0.1) is 18.8 Å². The summed E-state index contributed by atoms with van der Waals surface area (Å²) in [4.78, 5) is 35.8. The maximum absolute atomic E-state index is 12.3. The molecule has 0 spiro atoms. The maximum Gasteiger partial charge on any atom is 0.339 e. The number of imide groups is 1. The van der Waals surface area contributed by atoms with E-state index in [0.29, 0.717) is 24.7 Å². The Bertz CT molecular complexity index is 660. The van der Waals surface area contributed by atoms with Crippen molar-refractivity contribution in [2.75, 3.05) is 13.2 Å². The van der Waals surface area contributed by atoms with Crippen LogP contribution in [0.5, 0.6) is 11.5 Å². The van der Waals surface area contributed by atoms with Gasteiger partial charge in [0.2, 0.25) is 0 Å². The number of rotatable bonds is 9. The van der Waals surface area contributed by atoms with Gasteiger partial charge in [-0.25, -0.2) is 9.59 Å². The average molecular weight is 380 g/mol. The lowest BCUT2D eigenvalue weighted by Crippen LogP contribution is -2.46. The SMILES string of the molecule is CCCOc1ccc(C(=O)O[C@H](C)C(=O)NC(=O)NC(C)C)cc1OCC. The fourth-order valence-corrected chi connectivity index (χ4v) is 2.03. The highest BCUT2D eigenvalue weighted by Gasteiger charge is 2.22. The molecule has 3 amide bonds. The minimum atomic E-state index is -1.14. The summed E-state index contributed by atoms with van der Waals surface area (Å²) in [5.74, 6) is -0.459. The molecular weight excluding hydrogens is 352 g/mol. The molecule has 0 radical (unpaired) electrons. The number of esters is 1. The molecule has 0 aromatic heterocycles. The number of nitrogens with one attached hydrogen (secondary N) is 2. The van der Waals surface area contributed by atoms with Crippen molar-refractivity contribution in [1.82, 2.24) is 10.6 Å². The highest BCUT2D eigenvalue weighted by atomic mass is 16.5. The standard InChI is InChI=1S/C19H28N2O6/c1-6-10-26-15-9-8-14(11-16(15)25-7-2)18(23)27-13(5)17(22)21-19(24)20-12(3)4/h8-9,11-13H,6-7,10H2,1-5H3,(H2,20,21,22,24)/t13-/m1/s1. The van der Waals surface area contributed by atoms with Crippen LogP contribution in [0.25, 0.3) is 0 Å². The van der Waals surface area contributed by atoms with Crippen LogP contribution in [0.15, 0.2) is 18.2 Å². The first kappa shape index (κ1) is 22.3. The summed E-state index contributed by atoms with van der Waals surface area (Å²) >= 11 is 0. The highest BCUT2D eigenvalue weighted by Crippen LogP contribution is 2.29. The van der Waals surface area contributed by atoms with E-state index in [1.54, 1.807) is 19.9 Å². The van der Waals surface area contributed by atoms with E-state index in [9.17, 15) is 14.4 Å². The zero-order valence-corrected chi connectivity index (χ0v) is 16.5. The molecule has 150 valence electrons. The second-order valence-electron chi connectivity index (χ2n) is 6.11. The van der Waals surface area contributed by atoms with Crippen LogP contribution in [0, 0.1) is 0 Å². The van der Waals surface area contributed by atoms with Crippen molar-refractivity contribution in [3.05, 3.63) is 23.8 Å². The van der Waals surface area contributed by atoms with Crippen LogP contribution >= 0.6 is 0 Å². The van der Waals surface area contributed by atoms with E-state index >= 15 is 0 Å². The second-order valence-corrected chi connectivity index (χ2v) is 6.11. The van der Waals surface area contributed by atoms with Crippen LogP contribution in [-0.4, -0.2) is 43.3 Å². The van der Waals surface area contributed by atoms with E-state index in [0.717, 1.165) is 6.42 Å². The molecule has 0 aliphatic carbocycles. The van der Waals surface area contributed by atoms with Crippen molar-refractivity contribution in [1.29, 1.82) is 0 Å². The minimum absolute atomic E-state index is 0.124. The molecule has 1 aromatic carbocycles. The van der Waals surface area contributed by atoms with E-state index in [2.05, 4.69) is 10.6 Å². The van der Waals surface area contributed by atoms with E-state index in [4.69, 9.17) is 14.2 Å². The second kappa shape index (κ2) is 11.1. The summed E-state index contributed by atoms with van der Waals surface area (Å²) < 4.78 is 16.2. The minimum Gasteiger partial charge on any atom is -0.490 e. The topological polar surface area (TPSA) is 103 Å². The molecule has 0 fully saturated rings. The van der Waals surface area contributed by atoms with Gasteiger partial charge in [0, 0.05) is 6.04 Å². The first-order valence-corrected chi connectivity index (χ1v) is 9.00. The number of hydrogen-bond donors (Lipinski definition) is 2. The number of carbonyl (C=O) groups excluding carboxylic acids is 3. The zero-order valence-electron chi connectivity index (χ0n) is 16.5. The zero-order chi connectivity index (χ0) is 20.4. The Hall–Kier alpha value is -2.77. The molecule has 2 N–H and O–H groups in total. The molecule has 0 aliphatic heterocycles. The van der Waals surface area contributed by atoms with Crippen molar-refractivity contribution in [3.8, 4) is 11.5 Å². The molecule has 1 rings (SSSR count). The van der Waals surface area contributed by atoms with Crippen molar-refractivity contribution in [2.45, 2.75) is 53.2 Å². The fraction of sp³-hybridized carbons (Fsp3) is 0.526. The van der Waals surface area contributed by atoms with Crippen molar-refractivity contribution in [2.24, 2.45) is 0 Å². The molecule has 27 heavy (non-hydrogen) atoms. The number of ether oxygens (including phenoxy) is 3. The molecule has 0 saturated carbocycles. The molecule has 8 heteroatoms. The van der Waals surface area contributed by atoms with Gasteiger partial charge in [-0.05, 0) is 52.3 Å². The smallest absolute Gasteiger partial charge is 0.339 e. The van der Waals surface area contributed by atoms with Gasteiger partial charge in [0.1, 0.15) is 0 Å². The number of hydrogen-bond acceptors (Lipinski definition) is 6. The Morgan fingerprint density at radius 1 is 1.04 bits per heavy atom. The predicted octanol–water partition coefficient (Wildman–Crippen LogP) is 2.65. The third kappa shape index (κ3) is 7.55. The number of benzene rings is 1. The van der Waals surface area contributed by atoms with Gasteiger partial charge in [-0.2, -0.15) is 0 Å². The van der Waals surface area contributed by atoms with Crippen LogP contribution < -0.4 is 20.1 Å². The molecule has 0 unspecified atom stereocenters. The molecule has 0 heterocycles. The van der Waals surface area contributed by atoms with Crippen molar-refractivity contribution in [3.63, 3.8) is 0 Å². The van der Waals surface area contributed by atoms with Gasteiger partial charge in [-0.1, -0.05) is 6.92 Å². The molecular formula is C19H28N2O6. The molecule has 1 atom stereocenters. The van der Waals surface area contributed by atoms with Crippen LogP contribution in [0.4, 0.5) is 4.79 Å². The Labute approximate surface area is 159 Å². The first-order chi connectivity index (χ1) is 12.8. The predicted molar refractivity (Wildman–Crippen MR) is 100 cm³/mol. The Balaban J connectivity index is 2.76. The van der Waals surface area contributed by atoms with Gasteiger partial charge in [-0.3, -0.25) is 10.1 Å². The van der Waals surface area contributed by atoms with Gasteiger partial charge >= 0.3 is 12.0 Å². The third-order valence-electron chi connectivity index (χ3n) is 3.25. The third-order valence-corrected chi connectivity index (χ3v) is 3.25. The quantitative estimate of drug-likeness (QED) is 0.639. The van der Waals surface area contributed by atoms with Crippen molar-refractivity contribution >= 4 is 17.9 Å². The van der Waals surface area contributed by atoms with E-state index < -0.39 is 24.0 Å². The number of urea groups is 1. The monoisotopic (exact) mass is 380 g/mol. The lowest BCUT2D eigenvalue weighted by atomic mass is 10.2. The van der Waals surface area contributed by atoms with Gasteiger partial charge in [-0.15, -0.1) is 0 Å². The Kier molecular flexibility index (Phi) is 9.12. The van der Waals surface area contributed by atoms with Crippen LogP contribution in [0.2, 0.25) is 0 Å². The van der Waals surface area contributed by atoms with E-state index in [1.807, 2.05) is 13.8 Å². The summed E-state index contributed by atoms with van der Waals surface area (Å²) in [7, 11) is 0. The van der Waals surface area contributed by atoms with Gasteiger partial charge < -0.3 is 19.5 Å². The number of amides is 3. The largest absolute Gasteiger partial charge is 0.490 e. The summed E-state index contributed by atoms with van der Waals surface area (Å²) in [6.07, 6.45) is -0.297.